The molecule has 0 saturated carbocycles. The van der Waals surface area contributed by atoms with Crippen LogP contribution in [0.4, 0.5) is 5.69 Å². The summed E-state index contributed by atoms with van der Waals surface area (Å²) in [6.07, 6.45) is 0.456. The molecule has 0 spiro atoms. The van der Waals surface area contributed by atoms with Crippen LogP contribution in [-0.4, -0.2) is 38.6 Å². The topological polar surface area (TPSA) is 102 Å². The van der Waals surface area contributed by atoms with Crippen LogP contribution < -0.4 is 15.4 Å². The third-order valence-electron chi connectivity index (χ3n) is 4.56. The van der Waals surface area contributed by atoms with Gasteiger partial charge in [0.15, 0.2) is 16.4 Å². The monoisotopic (exact) mass is 436 g/mol. The molecule has 2 N–H and O–H groups in total. The smallest absolute Gasteiger partial charge is 0.262 e. The zero-order chi connectivity index (χ0) is 21.0. The lowest BCUT2D eigenvalue weighted by Crippen LogP contribution is -2.31. The SMILES string of the molecule is C[C@H](CC(=O)NCCc1ccc(Cl)cc1)S(=O)(=O)c1ccc2c(c1)NC(=O)CO2. The highest BCUT2D eigenvalue weighted by Crippen LogP contribution is 2.31. The zero-order valence-electron chi connectivity index (χ0n) is 15.8. The van der Waals surface area contributed by atoms with Gasteiger partial charge in [0, 0.05) is 18.0 Å². The van der Waals surface area contributed by atoms with Crippen LogP contribution in [0.3, 0.4) is 0 Å². The summed E-state index contributed by atoms with van der Waals surface area (Å²) in [5, 5.41) is 5.05. The van der Waals surface area contributed by atoms with Crippen molar-refractivity contribution in [1.29, 1.82) is 0 Å². The Morgan fingerprint density at radius 3 is 2.69 bits per heavy atom. The second-order valence-electron chi connectivity index (χ2n) is 6.78. The van der Waals surface area contributed by atoms with Gasteiger partial charge in [0.2, 0.25) is 5.91 Å². The summed E-state index contributed by atoms with van der Waals surface area (Å²) < 4.78 is 30.9. The molecule has 1 aliphatic heterocycles. The van der Waals surface area contributed by atoms with Crippen molar-refractivity contribution in [2.24, 2.45) is 0 Å². The molecule has 2 aromatic carbocycles. The molecule has 3 rings (SSSR count). The van der Waals surface area contributed by atoms with Crippen molar-refractivity contribution in [3.63, 3.8) is 0 Å². The van der Waals surface area contributed by atoms with Gasteiger partial charge in [0.1, 0.15) is 5.75 Å². The van der Waals surface area contributed by atoms with E-state index in [-0.39, 0.29) is 29.7 Å². The molecule has 1 heterocycles. The van der Waals surface area contributed by atoms with Crippen molar-refractivity contribution in [3.05, 3.63) is 53.1 Å². The Bertz CT molecular complexity index is 1020. The van der Waals surface area contributed by atoms with Crippen LogP contribution in [0.1, 0.15) is 18.9 Å². The van der Waals surface area contributed by atoms with Crippen LogP contribution in [0.25, 0.3) is 0 Å². The quantitative estimate of drug-likeness (QED) is 0.694. The Hall–Kier alpha value is -2.58. The van der Waals surface area contributed by atoms with Crippen LogP contribution in [0.2, 0.25) is 5.02 Å². The molecule has 2 amide bonds. The van der Waals surface area contributed by atoms with Crippen LogP contribution in [0.5, 0.6) is 5.75 Å². The van der Waals surface area contributed by atoms with Gasteiger partial charge in [-0.3, -0.25) is 9.59 Å². The number of amides is 2. The van der Waals surface area contributed by atoms with Crippen molar-refractivity contribution < 1.29 is 22.7 Å². The van der Waals surface area contributed by atoms with E-state index < -0.39 is 15.1 Å². The summed E-state index contributed by atoms with van der Waals surface area (Å²) in [5.74, 6) is -0.277. The fourth-order valence-electron chi connectivity index (χ4n) is 2.91. The maximum Gasteiger partial charge on any atom is 0.262 e. The molecule has 0 saturated heterocycles. The number of hydrogen-bond acceptors (Lipinski definition) is 5. The predicted octanol–water partition coefficient (Wildman–Crippen LogP) is 2.58. The van der Waals surface area contributed by atoms with Gasteiger partial charge in [-0.1, -0.05) is 23.7 Å². The largest absolute Gasteiger partial charge is 0.482 e. The number of fused-ring (bicyclic) bond motifs is 1. The minimum atomic E-state index is -3.75. The van der Waals surface area contributed by atoms with E-state index in [1.807, 2.05) is 12.1 Å². The molecule has 29 heavy (non-hydrogen) atoms. The van der Waals surface area contributed by atoms with E-state index in [1.165, 1.54) is 25.1 Å². The Labute approximate surface area is 174 Å². The number of anilines is 1. The molecule has 2 aromatic rings. The molecular formula is C20H21ClN2O5S. The van der Waals surface area contributed by atoms with E-state index in [4.69, 9.17) is 16.3 Å². The van der Waals surface area contributed by atoms with Crippen molar-refractivity contribution >= 4 is 38.9 Å². The molecule has 0 radical (unpaired) electrons. The third kappa shape index (κ3) is 5.27. The lowest BCUT2D eigenvalue weighted by molar-refractivity contribution is -0.121. The van der Waals surface area contributed by atoms with E-state index in [9.17, 15) is 18.0 Å². The van der Waals surface area contributed by atoms with Gasteiger partial charge in [0.25, 0.3) is 5.91 Å². The molecule has 1 aliphatic rings. The molecule has 0 aromatic heterocycles. The van der Waals surface area contributed by atoms with Crippen molar-refractivity contribution in [2.45, 2.75) is 29.9 Å². The second kappa shape index (κ2) is 8.84. The van der Waals surface area contributed by atoms with E-state index in [0.717, 1.165) is 5.56 Å². The number of ether oxygens (including phenoxy) is 1. The molecule has 0 aliphatic carbocycles. The third-order valence-corrected chi connectivity index (χ3v) is 6.95. The summed E-state index contributed by atoms with van der Waals surface area (Å²) >= 11 is 5.84. The standard InChI is InChI=1S/C20H21ClN2O5S/c1-13(10-19(24)22-9-8-14-2-4-15(21)5-3-14)29(26,27)16-6-7-18-17(11-16)23-20(25)12-28-18/h2-7,11,13H,8-10,12H2,1H3,(H,22,24)(H,23,25)/t13-/m1/s1. The highest BCUT2D eigenvalue weighted by Gasteiger charge is 2.27. The summed E-state index contributed by atoms with van der Waals surface area (Å²) in [7, 11) is -3.75. The molecule has 0 unspecified atom stereocenters. The van der Waals surface area contributed by atoms with Gasteiger partial charge in [-0.15, -0.1) is 0 Å². The number of benzene rings is 2. The van der Waals surface area contributed by atoms with Crippen molar-refractivity contribution in [1.82, 2.24) is 5.32 Å². The van der Waals surface area contributed by atoms with Crippen LogP contribution in [0.15, 0.2) is 47.4 Å². The van der Waals surface area contributed by atoms with E-state index in [1.54, 1.807) is 12.1 Å². The maximum absolute atomic E-state index is 12.8. The lowest BCUT2D eigenvalue weighted by atomic mass is 10.1. The lowest BCUT2D eigenvalue weighted by Gasteiger charge is -2.19. The van der Waals surface area contributed by atoms with Crippen LogP contribution in [0, 0.1) is 0 Å². The second-order valence-corrected chi connectivity index (χ2v) is 9.58. The maximum atomic E-state index is 12.8. The molecule has 154 valence electrons. The summed E-state index contributed by atoms with van der Waals surface area (Å²) in [6, 6.07) is 11.6. The number of sulfone groups is 1. The summed E-state index contributed by atoms with van der Waals surface area (Å²) in [6.45, 7) is 1.78. The van der Waals surface area contributed by atoms with Crippen LogP contribution in [-0.2, 0) is 25.8 Å². The number of rotatable bonds is 7. The minimum absolute atomic E-state index is 0.0310. The predicted molar refractivity (Wildman–Crippen MR) is 110 cm³/mol. The highest BCUT2D eigenvalue weighted by atomic mass is 35.5. The first kappa shape index (κ1) is 21.1. The number of halogens is 1. The average molecular weight is 437 g/mol. The number of hydrogen-bond donors (Lipinski definition) is 2. The van der Waals surface area contributed by atoms with Gasteiger partial charge in [-0.2, -0.15) is 0 Å². The number of carbonyl (C=O) groups excluding carboxylic acids is 2. The molecule has 0 bridgehead atoms. The van der Waals surface area contributed by atoms with E-state index in [2.05, 4.69) is 10.6 Å². The van der Waals surface area contributed by atoms with Gasteiger partial charge in [-0.05, 0) is 49.2 Å². The number of nitrogens with one attached hydrogen (secondary N) is 2. The van der Waals surface area contributed by atoms with Gasteiger partial charge < -0.3 is 15.4 Å². The average Bonchev–Trinajstić information content (AvgIpc) is 2.68. The van der Waals surface area contributed by atoms with Gasteiger partial charge in [-0.25, -0.2) is 8.42 Å². The summed E-state index contributed by atoms with van der Waals surface area (Å²) in [5.41, 5.74) is 1.33. The molecule has 9 heteroatoms. The normalized spacial score (nSPS) is 14.3. The molecule has 1 atom stereocenters. The highest BCUT2D eigenvalue weighted by molar-refractivity contribution is 7.92. The minimum Gasteiger partial charge on any atom is -0.482 e. The van der Waals surface area contributed by atoms with Crippen LogP contribution >= 0.6 is 11.6 Å². The first-order valence-corrected chi connectivity index (χ1v) is 11.0. The fourth-order valence-corrected chi connectivity index (χ4v) is 4.41. The first-order chi connectivity index (χ1) is 13.8. The fraction of sp³-hybridized carbons (Fsp3) is 0.300. The first-order valence-electron chi connectivity index (χ1n) is 9.07. The van der Waals surface area contributed by atoms with Gasteiger partial charge >= 0.3 is 0 Å². The zero-order valence-corrected chi connectivity index (χ0v) is 17.3. The molecule has 7 nitrogen and oxygen atoms in total. The van der Waals surface area contributed by atoms with Gasteiger partial charge in [0.05, 0.1) is 15.8 Å². The summed E-state index contributed by atoms with van der Waals surface area (Å²) in [4.78, 5) is 23.6. The van der Waals surface area contributed by atoms with Crippen molar-refractivity contribution in [2.75, 3.05) is 18.5 Å². The van der Waals surface area contributed by atoms with E-state index in [0.29, 0.717) is 29.4 Å². The molecular weight excluding hydrogens is 416 g/mol. The Morgan fingerprint density at radius 1 is 1.24 bits per heavy atom. The molecule has 0 fully saturated rings. The van der Waals surface area contributed by atoms with E-state index >= 15 is 0 Å². The Balaban J connectivity index is 1.58. The Kier molecular flexibility index (Phi) is 6.44. The Morgan fingerprint density at radius 2 is 1.97 bits per heavy atom. The number of carbonyl (C=O) groups is 2. The van der Waals surface area contributed by atoms with Crippen molar-refractivity contribution in [3.8, 4) is 5.75 Å².